The molecule has 0 saturated heterocycles. The van der Waals surface area contributed by atoms with Crippen LogP contribution in [0.4, 0.5) is 0 Å². The predicted molar refractivity (Wildman–Crippen MR) is 62.9 cm³/mol. The Bertz CT molecular complexity index is 179. The summed E-state index contributed by atoms with van der Waals surface area (Å²) in [6, 6.07) is 0. The molecule has 0 aromatic heterocycles. The topological polar surface area (TPSA) is 29.5 Å². The number of hydrogen-bond donors (Lipinski definition) is 1. The van der Waals surface area contributed by atoms with Crippen molar-refractivity contribution in [1.29, 1.82) is 0 Å². The Labute approximate surface area is 94.0 Å². The van der Waals surface area contributed by atoms with Gasteiger partial charge in [0, 0.05) is 6.61 Å². The molecule has 0 heterocycles. The minimum Gasteiger partial charge on any atom is -0.387 e. The highest BCUT2D eigenvalue weighted by atomic mass is 16.5. The second kappa shape index (κ2) is 5.86. The van der Waals surface area contributed by atoms with Crippen molar-refractivity contribution in [3.63, 3.8) is 0 Å². The van der Waals surface area contributed by atoms with E-state index in [2.05, 4.69) is 13.8 Å². The molecular weight excluding hydrogens is 188 g/mol. The molecule has 0 aliphatic heterocycles. The third-order valence-corrected chi connectivity index (χ3v) is 3.72. The molecule has 1 rings (SSSR count). The summed E-state index contributed by atoms with van der Waals surface area (Å²) in [7, 11) is 0. The van der Waals surface area contributed by atoms with E-state index in [9.17, 15) is 5.11 Å². The largest absolute Gasteiger partial charge is 0.387 e. The first kappa shape index (κ1) is 13.0. The van der Waals surface area contributed by atoms with E-state index in [0.717, 1.165) is 37.5 Å². The van der Waals surface area contributed by atoms with Crippen LogP contribution in [0.15, 0.2) is 0 Å². The van der Waals surface area contributed by atoms with Crippen LogP contribution in [0, 0.1) is 11.8 Å². The molecule has 0 radical (unpaired) electrons. The summed E-state index contributed by atoms with van der Waals surface area (Å²) in [5.74, 6) is 1.54. The van der Waals surface area contributed by atoms with Gasteiger partial charge >= 0.3 is 0 Å². The molecule has 2 unspecified atom stereocenters. The standard InChI is InChI=1S/C13H26O2/c1-4-15-10-13(14)8-5-6-12(7-9-13)11(2)3/h11-12,14H,4-10H2,1-3H3. The third kappa shape index (κ3) is 4.12. The first-order chi connectivity index (χ1) is 7.07. The van der Waals surface area contributed by atoms with Gasteiger partial charge in [-0.05, 0) is 38.0 Å². The lowest BCUT2D eigenvalue weighted by molar-refractivity contribution is -0.0536. The SMILES string of the molecule is CCOCC1(O)CCCC(C(C)C)CC1. The van der Waals surface area contributed by atoms with Crippen LogP contribution in [0.3, 0.4) is 0 Å². The van der Waals surface area contributed by atoms with Crippen LogP contribution in [0.2, 0.25) is 0 Å². The number of rotatable bonds is 4. The van der Waals surface area contributed by atoms with Crippen molar-refractivity contribution < 1.29 is 9.84 Å². The highest BCUT2D eigenvalue weighted by molar-refractivity contribution is 4.83. The molecule has 0 spiro atoms. The van der Waals surface area contributed by atoms with Gasteiger partial charge in [0.2, 0.25) is 0 Å². The van der Waals surface area contributed by atoms with Crippen LogP contribution in [0.25, 0.3) is 0 Å². The zero-order valence-corrected chi connectivity index (χ0v) is 10.5. The normalized spacial score (nSPS) is 33.0. The molecule has 0 amide bonds. The highest BCUT2D eigenvalue weighted by Gasteiger charge is 2.31. The van der Waals surface area contributed by atoms with Crippen molar-refractivity contribution >= 4 is 0 Å². The molecule has 1 N–H and O–H groups in total. The first-order valence-electron chi connectivity index (χ1n) is 6.37. The fourth-order valence-electron chi connectivity index (χ4n) is 2.52. The smallest absolute Gasteiger partial charge is 0.0880 e. The van der Waals surface area contributed by atoms with Gasteiger partial charge in [-0.25, -0.2) is 0 Å². The number of aliphatic hydroxyl groups is 1. The van der Waals surface area contributed by atoms with E-state index in [0.29, 0.717) is 13.2 Å². The minimum atomic E-state index is -0.542. The second-order valence-electron chi connectivity index (χ2n) is 5.30. The Hall–Kier alpha value is -0.0800. The molecule has 90 valence electrons. The lowest BCUT2D eigenvalue weighted by atomic mass is 9.88. The first-order valence-corrected chi connectivity index (χ1v) is 6.37. The van der Waals surface area contributed by atoms with Gasteiger partial charge in [0.25, 0.3) is 0 Å². The van der Waals surface area contributed by atoms with E-state index < -0.39 is 5.60 Å². The summed E-state index contributed by atoms with van der Waals surface area (Å²) < 4.78 is 5.38. The molecular formula is C13H26O2. The van der Waals surface area contributed by atoms with Crippen LogP contribution >= 0.6 is 0 Å². The van der Waals surface area contributed by atoms with Gasteiger partial charge in [0.1, 0.15) is 0 Å². The van der Waals surface area contributed by atoms with E-state index in [1.54, 1.807) is 0 Å². The van der Waals surface area contributed by atoms with Gasteiger partial charge in [-0.2, -0.15) is 0 Å². The Morgan fingerprint density at radius 3 is 2.67 bits per heavy atom. The predicted octanol–water partition coefficient (Wildman–Crippen LogP) is 2.99. The average molecular weight is 214 g/mol. The van der Waals surface area contributed by atoms with E-state index in [-0.39, 0.29) is 0 Å². The Morgan fingerprint density at radius 1 is 1.33 bits per heavy atom. The summed E-state index contributed by atoms with van der Waals surface area (Å²) in [4.78, 5) is 0. The maximum absolute atomic E-state index is 10.4. The summed E-state index contributed by atoms with van der Waals surface area (Å²) in [5.41, 5.74) is -0.542. The van der Waals surface area contributed by atoms with E-state index in [1.807, 2.05) is 6.92 Å². The summed E-state index contributed by atoms with van der Waals surface area (Å²) >= 11 is 0. The lowest BCUT2D eigenvalue weighted by Crippen LogP contribution is -2.34. The molecule has 1 aliphatic rings. The maximum atomic E-state index is 10.4. The molecule has 0 aromatic carbocycles. The maximum Gasteiger partial charge on any atom is 0.0880 e. The van der Waals surface area contributed by atoms with Gasteiger partial charge in [0.05, 0.1) is 12.2 Å². The minimum absolute atomic E-state index is 0.522. The van der Waals surface area contributed by atoms with Crippen molar-refractivity contribution in [2.45, 2.75) is 58.5 Å². The zero-order chi connectivity index (χ0) is 11.3. The van der Waals surface area contributed by atoms with Gasteiger partial charge in [-0.3, -0.25) is 0 Å². The molecule has 0 bridgehead atoms. The molecule has 0 aromatic rings. The van der Waals surface area contributed by atoms with Crippen molar-refractivity contribution in [2.24, 2.45) is 11.8 Å². The van der Waals surface area contributed by atoms with Crippen LogP contribution in [0.5, 0.6) is 0 Å². The van der Waals surface area contributed by atoms with Gasteiger partial charge in [0.15, 0.2) is 0 Å². The monoisotopic (exact) mass is 214 g/mol. The van der Waals surface area contributed by atoms with Crippen LogP contribution in [0.1, 0.15) is 52.9 Å². The van der Waals surface area contributed by atoms with Crippen molar-refractivity contribution in [3.05, 3.63) is 0 Å². The Balaban J connectivity index is 2.43. The zero-order valence-electron chi connectivity index (χ0n) is 10.5. The van der Waals surface area contributed by atoms with E-state index in [1.165, 1.54) is 6.42 Å². The molecule has 15 heavy (non-hydrogen) atoms. The Morgan fingerprint density at radius 2 is 2.07 bits per heavy atom. The quantitative estimate of drug-likeness (QED) is 0.729. The van der Waals surface area contributed by atoms with E-state index >= 15 is 0 Å². The summed E-state index contributed by atoms with van der Waals surface area (Å²) in [5, 5.41) is 10.4. The molecule has 1 fully saturated rings. The summed E-state index contributed by atoms with van der Waals surface area (Å²) in [6.45, 7) is 7.79. The molecule has 1 aliphatic carbocycles. The van der Waals surface area contributed by atoms with Crippen LogP contribution in [-0.4, -0.2) is 23.9 Å². The molecule has 2 heteroatoms. The summed E-state index contributed by atoms with van der Waals surface area (Å²) in [6.07, 6.45) is 5.39. The average Bonchev–Trinajstić information content (AvgIpc) is 2.38. The third-order valence-electron chi connectivity index (χ3n) is 3.72. The van der Waals surface area contributed by atoms with Gasteiger partial charge < -0.3 is 9.84 Å². The second-order valence-corrected chi connectivity index (χ2v) is 5.30. The number of ether oxygens (including phenoxy) is 1. The molecule has 2 atom stereocenters. The fraction of sp³-hybridized carbons (Fsp3) is 1.00. The van der Waals surface area contributed by atoms with Crippen LogP contribution < -0.4 is 0 Å². The van der Waals surface area contributed by atoms with E-state index in [4.69, 9.17) is 4.74 Å². The van der Waals surface area contributed by atoms with Crippen molar-refractivity contribution in [1.82, 2.24) is 0 Å². The molecule has 2 nitrogen and oxygen atoms in total. The number of hydrogen-bond acceptors (Lipinski definition) is 2. The van der Waals surface area contributed by atoms with Gasteiger partial charge in [-0.1, -0.05) is 26.7 Å². The molecule has 1 saturated carbocycles. The lowest BCUT2D eigenvalue weighted by Gasteiger charge is -2.26. The Kier molecular flexibility index (Phi) is 5.07. The van der Waals surface area contributed by atoms with Gasteiger partial charge in [-0.15, -0.1) is 0 Å². The van der Waals surface area contributed by atoms with Crippen LogP contribution in [-0.2, 0) is 4.74 Å². The van der Waals surface area contributed by atoms with Crippen molar-refractivity contribution in [3.8, 4) is 0 Å². The highest BCUT2D eigenvalue weighted by Crippen LogP contribution is 2.34. The fourth-order valence-corrected chi connectivity index (χ4v) is 2.52. The van der Waals surface area contributed by atoms with Crippen molar-refractivity contribution in [2.75, 3.05) is 13.2 Å².